The molecule has 2 rings (SSSR count). The van der Waals surface area contributed by atoms with Crippen molar-refractivity contribution in [2.24, 2.45) is 0 Å². The first kappa shape index (κ1) is 8.78. The van der Waals surface area contributed by atoms with E-state index in [-0.39, 0.29) is 0 Å². The first-order valence-corrected chi connectivity index (χ1v) is 4.45. The molecule has 0 aromatic carbocycles. The summed E-state index contributed by atoms with van der Waals surface area (Å²) in [5.41, 5.74) is -0.633. The van der Waals surface area contributed by atoms with Crippen LogP contribution in [-0.2, 0) is 10.3 Å². The fourth-order valence-electron chi connectivity index (χ4n) is 1.87. The van der Waals surface area contributed by atoms with E-state index in [1.54, 1.807) is 18.6 Å². The molecule has 3 heteroatoms. The summed E-state index contributed by atoms with van der Waals surface area (Å²) in [6.45, 7) is 4.38. The van der Waals surface area contributed by atoms with E-state index in [9.17, 15) is 5.11 Å². The van der Waals surface area contributed by atoms with E-state index in [2.05, 4.69) is 0 Å². The maximum Gasteiger partial charge on any atom is 0.123 e. The highest BCUT2D eigenvalue weighted by atomic mass is 16.5. The zero-order chi connectivity index (χ0) is 9.53. The van der Waals surface area contributed by atoms with Gasteiger partial charge in [0.25, 0.3) is 0 Å². The van der Waals surface area contributed by atoms with Crippen LogP contribution in [0.2, 0.25) is 0 Å². The molecule has 1 aromatic rings. The third kappa shape index (κ3) is 1.11. The van der Waals surface area contributed by atoms with Crippen molar-refractivity contribution >= 4 is 0 Å². The minimum atomic E-state index is -0.903. The molecule has 2 heterocycles. The average molecular weight is 182 g/mol. The van der Waals surface area contributed by atoms with Gasteiger partial charge in [-0.1, -0.05) is 0 Å². The summed E-state index contributed by atoms with van der Waals surface area (Å²) in [7, 11) is 0. The summed E-state index contributed by atoms with van der Waals surface area (Å²) < 4.78 is 10.5. The van der Waals surface area contributed by atoms with Gasteiger partial charge >= 0.3 is 0 Å². The molecule has 0 amide bonds. The number of hydrogen-bond donors (Lipinski definition) is 1. The second kappa shape index (κ2) is 2.59. The lowest BCUT2D eigenvalue weighted by Gasteiger charge is -2.34. The molecule has 1 aliphatic rings. The van der Waals surface area contributed by atoms with Crippen LogP contribution in [0.15, 0.2) is 23.0 Å². The van der Waals surface area contributed by atoms with E-state index in [0.717, 1.165) is 5.56 Å². The van der Waals surface area contributed by atoms with Crippen LogP contribution in [0.25, 0.3) is 0 Å². The molecule has 1 aliphatic heterocycles. The van der Waals surface area contributed by atoms with Gasteiger partial charge in [-0.05, 0) is 19.9 Å². The van der Waals surface area contributed by atoms with Crippen molar-refractivity contribution in [3.05, 3.63) is 24.2 Å². The van der Waals surface area contributed by atoms with Gasteiger partial charge in [0.05, 0.1) is 24.7 Å². The summed E-state index contributed by atoms with van der Waals surface area (Å²) in [5, 5.41) is 10.4. The molecule has 3 nitrogen and oxygen atoms in total. The van der Waals surface area contributed by atoms with Crippen LogP contribution in [0.4, 0.5) is 0 Å². The molecule has 1 atom stereocenters. The highest BCUT2D eigenvalue weighted by Gasteiger charge is 2.50. The van der Waals surface area contributed by atoms with Crippen LogP contribution in [0.1, 0.15) is 25.8 Å². The topological polar surface area (TPSA) is 42.6 Å². The lowest BCUT2D eigenvalue weighted by Crippen LogP contribution is -2.43. The Labute approximate surface area is 77.3 Å². The molecule has 1 unspecified atom stereocenters. The molecule has 1 fully saturated rings. The number of aliphatic hydroxyl groups is 1. The Morgan fingerprint density at radius 1 is 1.46 bits per heavy atom. The molecule has 72 valence electrons. The highest BCUT2D eigenvalue weighted by Crippen LogP contribution is 2.43. The molecule has 0 bridgehead atoms. The minimum absolute atomic E-state index is 0.531. The van der Waals surface area contributed by atoms with Gasteiger partial charge in [0.2, 0.25) is 0 Å². The number of ether oxygens (including phenoxy) is 1. The maximum absolute atomic E-state index is 10.4. The first-order valence-electron chi connectivity index (χ1n) is 4.45. The van der Waals surface area contributed by atoms with Crippen LogP contribution < -0.4 is 0 Å². The molecule has 0 aliphatic carbocycles. The van der Waals surface area contributed by atoms with Gasteiger partial charge in [0.1, 0.15) is 5.60 Å². The second-order valence-electron chi connectivity index (χ2n) is 3.98. The van der Waals surface area contributed by atoms with Crippen LogP contribution in [0.5, 0.6) is 0 Å². The molecular formula is C10H14O3. The van der Waals surface area contributed by atoms with Crippen LogP contribution in [0, 0.1) is 0 Å². The molecule has 0 spiro atoms. The summed E-state index contributed by atoms with van der Waals surface area (Å²) in [4.78, 5) is 0. The molecule has 0 saturated carbocycles. The van der Waals surface area contributed by atoms with Gasteiger partial charge in [-0.25, -0.2) is 0 Å². The minimum Gasteiger partial charge on any atom is -0.472 e. The highest BCUT2D eigenvalue weighted by molar-refractivity contribution is 5.22. The van der Waals surface area contributed by atoms with Crippen molar-refractivity contribution in [2.75, 3.05) is 6.61 Å². The Morgan fingerprint density at radius 3 is 2.69 bits per heavy atom. The van der Waals surface area contributed by atoms with Crippen molar-refractivity contribution in [3.63, 3.8) is 0 Å². The largest absolute Gasteiger partial charge is 0.472 e. The zero-order valence-electron chi connectivity index (χ0n) is 7.91. The monoisotopic (exact) mass is 182 g/mol. The van der Waals surface area contributed by atoms with Crippen molar-refractivity contribution in [1.82, 2.24) is 0 Å². The molecule has 1 N–H and O–H groups in total. The van der Waals surface area contributed by atoms with E-state index in [0.29, 0.717) is 13.0 Å². The van der Waals surface area contributed by atoms with Gasteiger partial charge in [-0.15, -0.1) is 0 Å². The third-order valence-corrected chi connectivity index (χ3v) is 2.92. The fourth-order valence-corrected chi connectivity index (χ4v) is 1.87. The van der Waals surface area contributed by atoms with Gasteiger partial charge in [0.15, 0.2) is 0 Å². The maximum atomic E-state index is 10.4. The van der Waals surface area contributed by atoms with Crippen LogP contribution in [-0.4, -0.2) is 17.3 Å². The SMILES string of the molecule is CC1(C)OCCC1(O)c1ccoc1. The quantitative estimate of drug-likeness (QED) is 0.718. The van der Waals surface area contributed by atoms with E-state index in [1.807, 2.05) is 13.8 Å². The number of hydrogen-bond acceptors (Lipinski definition) is 3. The van der Waals surface area contributed by atoms with Crippen molar-refractivity contribution in [1.29, 1.82) is 0 Å². The predicted octanol–water partition coefficient (Wildman–Crippen LogP) is 1.67. The van der Waals surface area contributed by atoms with Gasteiger partial charge in [-0.3, -0.25) is 0 Å². The Morgan fingerprint density at radius 2 is 2.23 bits per heavy atom. The average Bonchev–Trinajstić information content (AvgIpc) is 2.61. The fraction of sp³-hybridized carbons (Fsp3) is 0.600. The Balaban J connectivity index is 2.40. The summed E-state index contributed by atoms with van der Waals surface area (Å²) in [6.07, 6.45) is 3.78. The lowest BCUT2D eigenvalue weighted by molar-refractivity contribution is -0.102. The first-order chi connectivity index (χ1) is 6.06. The smallest absolute Gasteiger partial charge is 0.123 e. The Hall–Kier alpha value is -0.800. The normalized spacial score (nSPS) is 32.2. The van der Waals surface area contributed by atoms with Gasteiger partial charge in [0, 0.05) is 12.0 Å². The second-order valence-corrected chi connectivity index (χ2v) is 3.98. The Kier molecular flexibility index (Phi) is 1.75. The lowest BCUT2D eigenvalue weighted by atomic mass is 9.81. The predicted molar refractivity (Wildman–Crippen MR) is 47.3 cm³/mol. The number of rotatable bonds is 1. The van der Waals surface area contributed by atoms with Crippen molar-refractivity contribution in [2.45, 2.75) is 31.5 Å². The summed E-state index contributed by atoms with van der Waals surface area (Å²) in [6, 6.07) is 1.79. The van der Waals surface area contributed by atoms with Gasteiger partial charge < -0.3 is 14.3 Å². The van der Waals surface area contributed by atoms with E-state index < -0.39 is 11.2 Å². The van der Waals surface area contributed by atoms with E-state index in [1.165, 1.54) is 0 Å². The molecule has 13 heavy (non-hydrogen) atoms. The van der Waals surface area contributed by atoms with Crippen LogP contribution in [0.3, 0.4) is 0 Å². The van der Waals surface area contributed by atoms with Crippen molar-refractivity contribution in [3.8, 4) is 0 Å². The van der Waals surface area contributed by atoms with E-state index >= 15 is 0 Å². The third-order valence-electron chi connectivity index (χ3n) is 2.92. The number of furan rings is 1. The Bertz CT molecular complexity index is 289. The van der Waals surface area contributed by atoms with E-state index in [4.69, 9.17) is 9.15 Å². The molecule has 1 aromatic heterocycles. The van der Waals surface area contributed by atoms with Gasteiger partial charge in [-0.2, -0.15) is 0 Å². The summed E-state index contributed by atoms with van der Waals surface area (Å²) in [5.74, 6) is 0. The van der Waals surface area contributed by atoms with Crippen LogP contribution >= 0.6 is 0 Å². The zero-order valence-corrected chi connectivity index (χ0v) is 7.91. The van der Waals surface area contributed by atoms with Crippen molar-refractivity contribution < 1.29 is 14.3 Å². The molecular weight excluding hydrogens is 168 g/mol. The molecule has 1 saturated heterocycles. The molecule has 0 radical (unpaired) electrons. The standard InChI is InChI=1S/C10H14O3/c1-9(2)10(11,4-6-13-9)8-3-5-12-7-8/h3,5,7,11H,4,6H2,1-2H3. The summed E-state index contributed by atoms with van der Waals surface area (Å²) >= 11 is 0.